The molecule has 182 valence electrons. The molecular formula is C24H36N4O5. The van der Waals surface area contributed by atoms with E-state index in [9.17, 15) is 24.0 Å². The zero-order valence-corrected chi connectivity index (χ0v) is 19.9. The van der Waals surface area contributed by atoms with Gasteiger partial charge in [0.05, 0.1) is 6.04 Å². The lowest BCUT2D eigenvalue weighted by atomic mass is 9.98. The maximum atomic E-state index is 13.6. The maximum Gasteiger partial charge on any atom is 0.287 e. The van der Waals surface area contributed by atoms with E-state index in [1.807, 2.05) is 0 Å². The summed E-state index contributed by atoms with van der Waals surface area (Å²) < 4.78 is 0. The fraction of sp³-hybridized carbons (Fsp3) is 0.792. The number of nitrogens with two attached hydrogens (primary N) is 1. The second-order valence-electron chi connectivity index (χ2n) is 11.3. The first-order chi connectivity index (χ1) is 15.4. The van der Waals surface area contributed by atoms with Gasteiger partial charge in [-0.15, -0.1) is 0 Å². The summed E-state index contributed by atoms with van der Waals surface area (Å²) in [7, 11) is 0. The van der Waals surface area contributed by atoms with Crippen LogP contribution in [0.5, 0.6) is 0 Å². The van der Waals surface area contributed by atoms with Crippen LogP contribution >= 0.6 is 0 Å². The van der Waals surface area contributed by atoms with Crippen molar-refractivity contribution in [3.05, 3.63) is 0 Å². The van der Waals surface area contributed by atoms with E-state index in [2.05, 4.69) is 24.5 Å². The minimum Gasteiger partial charge on any atom is -0.363 e. The fourth-order valence-electron chi connectivity index (χ4n) is 5.47. The summed E-state index contributed by atoms with van der Waals surface area (Å²) in [4.78, 5) is 64.9. The standard InChI is InChI=1S/C24H36N4O5/c1-11(2)21(31)27-17(13-7-8-13)23(33)28-10-14-16(24(14,3)4)18(28)22(32)26-15(9-12-5-6-12)19(29)20(25)30/h11-18H,5-10H2,1-4H3,(H2,25,30)(H,26,32)(H,27,31)/t14?,15?,16?,17-,18?/m0/s1. The van der Waals surface area contributed by atoms with Gasteiger partial charge >= 0.3 is 0 Å². The first kappa shape index (κ1) is 23.7. The van der Waals surface area contributed by atoms with Crippen molar-refractivity contribution >= 4 is 29.4 Å². The lowest BCUT2D eigenvalue weighted by Gasteiger charge is -2.34. The van der Waals surface area contributed by atoms with Gasteiger partial charge in [0.15, 0.2) is 0 Å². The Morgan fingerprint density at radius 1 is 1.03 bits per heavy atom. The van der Waals surface area contributed by atoms with Crippen LogP contribution in [0.2, 0.25) is 0 Å². The number of ketones is 1. The Balaban J connectivity index is 1.52. The van der Waals surface area contributed by atoms with Crippen LogP contribution in [0, 0.1) is 35.0 Å². The number of rotatable bonds is 10. The topological polar surface area (TPSA) is 139 Å². The van der Waals surface area contributed by atoms with Crippen molar-refractivity contribution in [1.82, 2.24) is 15.5 Å². The Morgan fingerprint density at radius 2 is 1.67 bits per heavy atom. The van der Waals surface area contributed by atoms with Crippen molar-refractivity contribution < 1.29 is 24.0 Å². The SMILES string of the molecule is CC(C)C(=O)N[C@H](C(=O)N1CC2C(C1C(=O)NC(CC1CC1)C(=O)C(N)=O)C2(C)C)C1CC1. The van der Waals surface area contributed by atoms with Crippen molar-refractivity contribution in [2.75, 3.05) is 6.54 Å². The van der Waals surface area contributed by atoms with Crippen LogP contribution in [0.25, 0.3) is 0 Å². The highest BCUT2D eigenvalue weighted by Crippen LogP contribution is 2.65. The molecule has 0 aromatic heterocycles. The number of piperidine rings is 1. The number of primary amides is 1. The average Bonchev–Trinajstić information content (AvgIpc) is 3.68. The minimum atomic E-state index is -1.06. The second kappa shape index (κ2) is 8.40. The van der Waals surface area contributed by atoms with E-state index in [-0.39, 0.29) is 40.9 Å². The molecule has 0 radical (unpaired) electrons. The summed E-state index contributed by atoms with van der Waals surface area (Å²) in [5, 5.41) is 5.66. The van der Waals surface area contributed by atoms with E-state index < -0.39 is 35.7 Å². The molecule has 4 aliphatic rings. The van der Waals surface area contributed by atoms with E-state index in [0.29, 0.717) is 18.9 Å². The molecule has 4 N–H and O–H groups in total. The summed E-state index contributed by atoms with van der Waals surface area (Å²) in [5.74, 6) is -2.36. The molecule has 3 saturated carbocycles. The summed E-state index contributed by atoms with van der Waals surface area (Å²) in [5.41, 5.74) is 5.13. The lowest BCUT2D eigenvalue weighted by molar-refractivity contribution is -0.145. The number of amides is 4. The van der Waals surface area contributed by atoms with Gasteiger partial charge in [0, 0.05) is 12.5 Å². The third kappa shape index (κ3) is 4.64. The number of hydrogen-bond donors (Lipinski definition) is 3. The van der Waals surface area contributed by atoms with Gasteiger partial charge in [-0.1, -0.05) is 40.5 Å². The Morgan fingerprint density at radius 3 is 2.18 bits per heavy atom. The molecule has 0 spiro atoms. The zero-order valence-electron chi connectivity index (χ0n) is 19.9. The van der Waals surface area contributed by atoms with Crippen LogP contribution in [0.15, 0.2) is 0 Å². The summed E-state index contributed by atoms with van der Waals surface area (Å²) in [6, 6.07) is -2.32. The van der Waals surface area contributed by atoms with E-state index in [1.54, 1.807) is 18.7 Å². The molecule has 5 atom stereocenters. The van der Waals surface area contributed by atoms with Gasteiger partial charge in [-0.2, -0.15) is 0 Å². The van der Waals surface area contributed by atoms with E-state index in [0.717, 1.165) is 25.7 Å². The van der Waals surface area contributed by atoms with Crippen molar-refractivity contribution in [2.45, 2.75) is 77.9 Å². The first-order valence-corrected chi connectivity index (χ1v) is 12.2. The molecule has 4 unspecified atom stereocenters. The highest BCUT2D eigenvalue weighted by Gasteiger charge is 2.70. The molecule has 0 aromatic carbocycles. The third-order valence-electron chi connectivity index (χ3n) is 8.08. The molecule has 9 heteroatoms. The number of carbonyl (C=O) groups excluding carboxylic acids is 5. The maximum absolute atomic E-state index is 13.6. The Labute approximate surface area is 194 Å². The van der Waals surface area contributed by atoms with E-state index in [4.69, 9.17) is 5.73 Å². The lowest BCUT2D eigenvalue weighted by Crippen LogP contribution is -2.58. The normalized spacial score (nSPS) is 29.1. The number of carbonyl (C=O) groups is 5. The van der Waals surface area contributed by atoms with Gasteiger partial charge < -0.3 is 21.3 Å². The molecule has 0 aromatic rings. The molecule has 1 aliphatic heterocycles. The molecule has 9 nitrogen and oxygen atoms in total. The summed E-state index contributed by atoms with van der Waals surface area (Å²) >= 11 is 0. The summed E-state index contributed by atoms with van der Waals surface area (Å²) in [6.45, 7) is 8.18. The van der Waals surface area contributed by atoms with Crippen LogP contribution in [-0.4, -0.2) is 59.0 Å². The van der Waals surface area contributed by atoms with E-state index in [1.165, 1.54) is 0 Å². The predicted molar refractivity (Wildman–Crippen MR) is 119 cm³/mol. The second-order valence-corrected chi connectivity index (χ2v) is 11.3. The molecule has 3 aliphatic carbocycles. The van der Waals surface area contributed by atoms with Crippen molar-refractivity contribution in [2.24, 2.45) is 40.7 Å². The Hall–Kier alpha value is -2.45. The van der Waals surface area contributed by atoms with Crippen LogP contribution in [-0.2, 0) is 24.0 Å². The quantitative estimate of drug-likeness (QED) is 0.404. The monoisotopic (exact) mass is 460 g/mol. The van der Waals surface area contributed by atoms with Crippen molar-refractivity contribution in [3.8, 4) is 0 Å². The van der Waals surface area contributed by atoms with Crippen LogP contribution in [0.3, 0.4) is 0 Å². The molecule has 0 bridgehead atoms. The van der Waals surface area contributed by atoms with Gasteiger partial charge in [-0.25, -0.2) is 0 Å². The van der Waals surface area contributed by atoms with Crippen LogP contribution in [0.1, 0.15) is 59.8 Å². The number of nitrogens with one attached hydrogen (secondary N) is 2. The largest absolute Gasteiger partial charge is 0.363 e. The number of likely N-dealkylation sites (tertiary alicyclic amines) is 1. The van der Waals surface area contributed by atoms with Crippen LogP contribution < -0.4 is 16.4 Å². The first-order valence-electron chi connectivity index (χ1n) is 12.2. The number of fused-ring (bicyclic) bond motifs is 1. The fourth-order valence-corrected chi connectivity index (χ4v) is 5.47. The third-order valence-corrected chi connectivity index (χ3v) is 8.08. The average molecular weight is 461 g/mol. The minimum absolute atomic E-state index is 0.0210. The number of Topliss-reactive ketones (excluding diaryl/α,β-unsaturated/α-hetero) is 1. The Kier molecular flexibility index (Phi) is 6.03. The zero-order chi connectivity index (χ0) is 24.2. The van der Waals surface area contributed by atoms with E-state index >= 15 is 0 Å². The van der Waals surface area contributed by atoms with Gasteiger partial charge in [0.25, 0.3) is 5.91 Å². The molecule has 4 amide bonds. The smallest absolute Gasteiger partial charge is 0.287 e. The summed E-state index contributed by atoms with van der Waals surface area (Å²) in [6.07, 6.45) is 4.05. The number of hydrogen-bond acceptors (Lipinski definition) is 5. The highest BCUT2D eigenvalue weighted by atomic mass is 16.2. The molecule has 4 fully saturated rings. The van der Waals surface area contributed by atoms with Gasteiger partial charge in [-0.3, -0.25) is 24.0 Å². The molecule has 4 rings (SSSR count). The van der Waals surface area contributed by atoms with Gasteiger partial charge in [0.2, 0.25) is 23.5 Å². The molecular weight excluding hydrogens is 424 g/mol. The molecule has 1 saturated heterocycles. The van der Waals surface area contributed by atoms with Gasteiger partial charge in [0.1, 0.15) is 12.1 Å². The van der Waals surface area contributed by atoms with Crippen molar-refractivity contribution in [3.63, 3.8) is 0 Å². The van der Waals surface area contributed by atoms with Crippen molar-refractivity contribution in [1.29, 1.82) is 0 Å². The Bertz CT molecular complexity index is 876. The molecule has 1 heterocycles. The highest BCUT2D eigenvalue weighted by molar-refractivity contribution is 6.37. The number of nitrogens with zero attached hydrogens (tertiary/aromatic N) is 1. The van der Waals surface area contributed by atoms with Gasteiger partial charge in [-0.05, 0) is 48.3 Å². The predicted octanol–water partition coefficient (Wildman–Crippen LogP) is 0.360. The van der Waals surface area contributed by atoms with Crippen LogP contribution in [0.4, 0.5) is 0 Å². The molecule has 33 heavy (non-hydrogen) atoms.